The first kappa shape index (κ1) is 12.9. The molecule has 0 fully saturated rings. The van der Waals surface area contributed by atoms with Crippen molar-refractivity contribution in [3.63, 3.8) is 0 Å². The van der Waals surface area contributed by atoms with E-state index in [-0.39, 0.29) is 0 Å². The van der Waals surface area contributed by atoms with E-state index in [1.807, 2.05) is 19.1 Å². The molecule has 5 heteroatoms. The molecule has 1 rings (SSSR count). The van der Waals surface area contributed by atoms with Gasteiger partial charge in [0.2, 0.25) is 0 Å². The topological polar surface area (TPSA) is 61.0 Å². The molecule has 0 aliphatic carbocycles. The summed E-state index contributed by atoms with van der Waals surface area (Å²) < 4.78 is 6.06. The third kappa shape index (κ3) is 4.17. The Kier molecular flexibility index (Phi) is 5.23. The van der Waals surface area contributed by atoms with Crippen molar-refractivity contribution in [3.05, 3.63) is 36.8 Å². The number of ether oxygens (including phenoxy) is 1. The quantitative estimate of drug-likeness (QED) is 0.769. The molecule has 0 saturated heterocycles. The predicted octanol–water partition coefficient (Wildman–Crippen LogP) is 1.08. The second kappa shape index (κ2) is 6.46. The van der Waals surface area contributed by atoms with Gasteiger partial charge in [-0.2, -0.15) is 0 Å². The van der Waals surface area contributed by atoms with Crippen LogP contribution in [-0.4, -0.2) is 20.6 Å². The molecule has 0 atom stereocenters. The third-order valence-electron chi connectivity index (χ3n) is 1.68. The molecule has 0 aliphatic heterocycles. The molecule has 0 spiro atoms. The van der Waals surface area contributed by atoms with Crippen LogP contribution < -0.4 is 10.5 Å². The van der Waals surface area contributed by atoms with Gasteiger partial charge in [0, 0.05) is 0 Å². The zero-order chi connectivity index (χ0) is 12.0. The summed E-state index contributed by atoms with van der Waals surface area (Å²) in [6.45, 7) is 6.36. The third-order valence-corrected chi connectivity index (χ3v) is 2.17. The number of aromatic nitrogens is 2. The van der Waals surface area contributed by atoms with Crippen LogP contribution in [0.4, 0.5) is 0 Å². The van der Waals surface area contributed by atoms with Crippen molar-refractivity contribution >= 4 is 9.59 Å². The van der Waals surface area contributed by atoms with Gasteiger partial charge < -0.3 is 0 Å². The van der Waals surface area contributed by atoms with E-state index in [1.165, 1.54) is 19.4 Å². The second-order valence-corrected chi connectivity index (χ2v) is 4.63. The first-order chi connectivity index (χ1) is 7.63. The predicted molar refractivity (Wildman–Crippen MR) is 60.6 cm³/mol. The van der Waals surface area contributed by atoms with Gasteiger partial charge in [-0.25, -0.2) is 0 Å². The summed E-state index contributed by atoms with van der Waals surface area (Å²) >= 11 is 1.23. The van der Waals surface area contributed by atoms with Crippen molar-refractivity contribution < 1.29 is 24.1 Å². The van der Waals surface area contributed by atoms with Gasteiger partial charge in [0.1, 0.15) is 0 Å². The van der Waals surface area contributed by atoms with Crippen molar-refractivity contribution in [2.45, 2.75) is 6.92 Å². The van der Waals surface area contributed by atoms with Crippen molar-refractivity contribution in [1.82, 2.24) is 9.97 Å². The van der Waals surface area contributed by atoms with Crippen LogP contribution >= 0.6 is 0 Å². The Labute approximate surface area is 106 Å². The summed E-state index contributed by atoms with van der Waals surface area (Å²) in [4.78, 5) is 8.30. The molecule has 0 aliphatic rings. The Hall–Kier alpha value is -1.12. The number of rotatable bonds is 5. The molecule has 0 bridgehead atoms. The molecule has 0 radical (unpaired) electrons. The van der Waals surface area contributed by atoms with E-state index in [1.54, 1.807) is 12.4 Å². The maximum atomic E-state index is 5.56. The molecule has 0 aromatic carbocycles. The fourth-order valence-corrected chi connectivity index (χ4v) is 1.23. The van der Waals surface area contributed by atoms with Crippen LogP contribution in [0.25, 0.3) is 5.57 Å². The zero-order valence-corrected chi connectivity index (χ0v) is 11.9. The van der Waals surface area contributed by atoms with E-state index in [0.29, 0.717) is 18.2 Å². The van der Waals surface area contributed by atoms with Crippen LogP contribution in [0, 0.1) is 0 Å². The average molecular weight is 387 g/mol. The first-order valence-corrected chi connectivity index (χ1v) is 6.21. The van der Waals surface area contributed by atoms with E-state index in [4.69, 9.17) is 10.5 Å². The van der Waals surface area contributed by atoms with Gasteiger partial charge in [-0.15, -0.1) is 0 Å². The zero-order valence-electron chi connectivity index (χ0n) is 9.01. The van der Waals surface area contributed by atoms with Crippen molar-refractivity contribution in [2.24, 2.45) is 5.73 Å². The van der Waals surface area contributed by atoms with Crippen molar-refractivity contribution in [1.29, 1.82) is 0 Å². The van der Waals surface area contributed by atoms with Gasteiger partial charge >= 0.3 is 106 Å². The van der Waals surface area contributed by atoms with Crippen LogP contribution in [0.5, 0.6) is 5.88 Å². The summed E-state index contributed by atoms with van der Waals surface area (Å²) in [6, 6.07) is 0. The Balaban J connectivity index is 2.83. The van der Waals surface area contributed by atoms with Gasteiger partial charge in [0.25, 0.3) is 0 Å². The molecular weight excluding hydrogens is 374 g/mol. The molecule has 1 heterocycles. The molecule has 0 saturated carbocycles. The van der Waals surface area contributed by atoms with Gasteiger partial charge in [-0.05, 0) is 0 Å². The van der Waals surface area contributed by atoms with Crippen LogP contribution in [0.15, 0.2) is 31.1 Å². The van der Waals surface area contributed by atoms with Gasteiger partial charge in [-0.3, -0.25) is 0 Å². The molecule has 4 nitrogen and oxygen atoms in total. The molecule has 1 aromatic heterocycles. The Morgan fingerprint density at radius 1 is 1.56 bits per heavy atom. The molecule has 1 aromatic rings. The van der Waals surface area contributed by atoms with Crippen LogP contribution in [0.3, 0.4) is 0 Å². The van der Waals surface area contributed by atoms with Crippen molar-refractivity contribution in [2.75, 3.05) is 6.61 Å². The Bertz CT molecular complexity index is 429. The molecule has 0 amide bonds. The molecule has 0 unspecified atom stereocenters. The van der Waals surface area contributed by atoms with Gasteiger partial charge in [0.15, 0.2) is 0 Å². The summed E-state index contributed by atoms with van der Waals surface area (Å²) in [6.07, 6.45) is 6.86. The van der Waals surface area contributed by atoms with Crippen LogP contribution in [-0.2, 0) is 19.4 Å². The van der Waals surface area contributed by atoms with Crippen LogP contribution in [0.1, 0.15) is 12.6 Å². The minimum atomic E-state index is 0.508. The fourth-order valence-electron chi connectivity index (χ4n) is 0.988. The van der Waals surface area contributed by atoms with E-state index < -0.39 is 0 Å². The molecular formula is C11H13N3OW. The average Bonchev–Trinajstić information content (AvgIpc) is 2.26. The summed E-state index contributed by atoms with van der Waals surface area (Å²) in [5.74, 6) is 0.508. The van der Waals surface area contributed by atoms with E-state index in [9.17, 15) is 0 Å². The van der Waals surface area contributed by atoms with Crippen LogP contribution in [0.2, 0.25) is 0 Å². The Morgan fingerprint density at radius 2 is 2.31 bits per heavy atom. The number of nitrogens with zero attached hydrogens (tertiary/aromatic N) is 2. The van der Waals surface area contributed by atoms with E-state index in [0.717, 1.165) is 9.59 Å². The van der Waals surface area contributed by atoms with Gasteiger partial charge in [-0.1, -0.05) is 0 Å². The second-order valence-electron chi connectivity index (χ2n) is 2.94. The molecule has 16 heavy (non-hydrogen) atoms. The Morgan fingerprint density at radius 3 is 2.94 bits per heavy atom. The molecule has 84 valence electrons. The number of hydrogen-bond donors (Lipinski definition) is 1. The number of allylic oxidation sites excluding steroid dienone is 2. The number of nitrogens with two attached hydrogens (primary N) is 1. The minimum absolute atomic E-state index is 0.508. The molecule has 2 N–H and O–H groups in total. The first-order valence-electron chi connectivity index (χ1n) is 4.75. The van der Waals surface area contributed by atoms with Crippen molar-refractivity contribution in [3.8, 4) is 5.88 Å². The normalized spacial score (nSPS) is 10.4. The van der Waals surface area contributed by atoms with E-state index in [2.05, 4.69) is 16.5 Å². The standard InChI is InChI=1S/C11H13N3O.W/c1-3-15-11-8-13-7-10(14-11)9(2)5-4-6-12;/h4-5,7-8H,2-3,12H2,1H3;. The maximum absolute atomic E-state index is 5.56. The fraction of sp³-hybridized carbons (Fsp3) is 0.182. The van der Waals surface area contributed by atoms with Gasteiger partial charge in [0.05, 0.1) is 0 Å². The SMILES string of the molecule is C=C(C=C[C](N)=[W])c1cncc(OCC)n1. The monoisotopic (exact) mass is 387 g/mol. The summed E-state index contributed by atoms with van der Waals surface area (Å²) in [5.41, 5.74) is 7.02. The number of hydrogen-bond acceptors (Lipinski definition) is 4. The van der Waals surface area contributed by atoms with E-state index >= 15 is 0 Å². The summed E-state index contributed by atoms with van der Waals surface area (Å²) in [7, 11) is 0. The summed E-state index contributed by atoms with van der Waals surface area (Å²) in [5, 5.41) is 0.